The molecule has 0 saturated carbocycles. The second kappa shape index (κ2) is 4.54. The lowest BCUT2D eigenvalue weighted by atomic mass is 10.1. The highest BCUT2D eigenvalue weighted by molar-refractivity contribution is 5.25. The molecule has 19 heavy (non-hydrogen) atoms. The van der Waals surface area contributed by atoms with Gasteiger partial charge in [-0.05, 0) is 25.1 Å². The number of rotatable bonds is 2. The predicted molar refractivity (Wildman–Crippen MR) is 72.8 cm³/mol. The van der Waals surface area contributed by atoms with Crippen LogP contribution in [0.25, 0.3) is 0 Å². The van der Waals surface area contributed by atoms with Gasteiger partial charge < -0.3 is 9.64 Å². The van der Waals surface area contributed by atoms with Gasteiger partial charge in [0.05, 0.1) is 18.4 Å². The van der Waals surface area contributed by atoms with E-state index in [1.807, 2.05) is 0 Å². The maximum atomic E-state index is 5.65. The van der Waals surface area contributed by atoms with E-state index in [1.165, 1.54) is 23.4 Å². The van der Waals surface area contributed by atoms with Crippen molar-refractivity contribution in [3.63, 3.8) is 0 Å². The molecule has 3 aliphatic heterocycles. The first-order chi connectivity index (χ1) is 9.28. The van der Waals surface area contributed by atoms with E-state index in [-0.39, 0.29) is 0 Å². The Bertz CT molecular complexity index is 490. The topological polar surface area (TPSA) is 28.6 Å². The molecule has 4 heterocycles. The summed E-state index contributed by atoms with van der Waals surface area (Å²) in [5, 5.41) is 0. The molecule has 4 nitrogen and oxygen atoms in total. The minimum absolute atomic E-state index is 0.483. The Hall–Kier alpha value is -0.970. The summed E-state index contributed by atoms with van der Waals surface area (Å²) in [5.41, 5.74) is 3.95. The molecule has 102 valence electrons. The summed E-state index contributed by atoms with van der Waals surface area (Å²) in [7, 11) is 2.18. The van der Waals surface area contributed by atoms with Gasteiger partial charge in [0.15, 0.2) is 0 Å². The molecule has 4 heteroatoms. The van der Waals surface area contributed by atoms with E-state index in [9.17, 15) is 0 Å². The quantitative estimate of drug-likeness (QED) is 0.793. The summed E-state index contributed by atoms with van der Waals surface area (Å²) in [6, 6.07) is 5.12. The molecule has 1 aromatic rings. The summed E-state index contributed by atoms with van der Waals surface area (Å²) >= 11 is 0. The van der Waals surface area contributed by atoms with Gasteiger partial charge in [0, 0.05) is 44.3 Å². The Balaban J connectivity index is 1.50. The van der Waals surface area contributed by atoms with Crippen LogP contribution in [0.15, 0.2) is 12.1 Å². The van der Waals surface area contributed by atoms with Crippen LogP contribution in [0.4, 0.5) is 0 Å². The summed E-state index contributed by atoms with van der Waals surface area (Å²) in [5.74, 6) is 0. The molecule has 0 amide bonds. The fourth-order valence-electron chi connectivity index (χ4n) is 3.57. The molecule has 0 spiro atoms. The standard InChI is InChI=1S/C15H21N3O/c1-17-5-4-15-11(7-17)2-3-12(16-15)8-18-9-14-6-13(18)10-19-14/h2-3,13-14H,4-10H2,1H3. The van der Waals surface area contributed by atoms with Gasteiger partial charge in [0.25, 0.3) is 0 Å². The number of morpholine rings is 1. The fourth-order valence-corrected chi connectivity index (χ4v) is 3.57. The van der Waals surface area contributed by atoms with E-state index in [0.717, 1.165) is 39.2 Å². The van der Waals surface area contributed by atoms with Gasteiger partial charge in [-0.3, -0.25) is 9.88 Å². The van der Waals surface area contributed by atoms with Crippen LogP contribution in [0, 0.1) is 0 Å². The van der Waals surface area contributed by atoms with Crippen LogP contribution in [0.5, 0.6) is 0 Å². The Kier molecular flexibility index (Phi) is 2.83. The lowest BCUT2D eigenvalue weighted by molar-refractivity contribution is 0.0268. The molecule has 2 unspecified atom stereocenters. The lowest BCUT2D eigenvalue weighted by Gasteiger charge is -2.28. The molecule has 4 rings (SSSR count). The first-order valence-corrected chi connectivity index (χ1v) is 7.30. The highest BCUT2D eigenvalue weighted by Gasteiger charge is 2.38. The van der Waals surface area contributed by atoms with E-state index >= 15 is 0 Å². The van der Waals surface area contributed by atoms with Crippen molar-refractivity contribution in [1.29, 1.82) is 0 Å². The van der Waals surface area contributed by atoms with Gasteiger partial charge in [0.1, 0.15) is 0 Å². The zero-order chi connectivity index (χ0) is 12.8. The van der Waals surface area contributed by atoms with Gasteiger partial charge >= 0.3 is 0 Å². The second-order valence-corrected chi connectivity index (χ2v) is 6.17. The van der Waals surface area contributed by atoms with Crippen LogP contribution in [0.3, 0.4) is 0 Å². The highest BCUT2D eigenvalue weighted by atomic mass is 16.5. The smallest absolute Gasteiger partial charge is 0.0718 e. The first-order valence-electron chi connectivity index (χ1n) is 7.30. The SMILES string of the molecule is CN1CCc2nc(CN3CC4CC3CO4)ccc2C1. The van der Waals surface area contributed by atoms with Crippen LogP contribution in [0.1, 0.15) is 23.4 Å². The number of aromatic nitrogens is 1. The average Bonchev–Trinajstić information content (AvgIpc) is 3.01. The minimum atomic E-state index is 0.483. The Morgan fingerprint density at radius 3 is 3.16 bits per heavy atom. The average molecular weight is 259 g/mol. The van der Waals surface area contributed by atoms with E-state index in [1.54, 1.807) is 0 Å². The fraction of sp³-hybridized carbons (Fsp3) is 0.667. The van der Waals surface area contributed by atoms with Gasteiger partial charge in [0.2, 0.25) is 0 Å². The molecular weight excluding hydrogens is 238 g/mol. The molecule has 2 saturated heterocycles. The molecule has 0 aromatic carbocycles. The number of ether oxygens (including phenoxy) is 1. The Morgan fingerprint density at radius 1 is 1.42 bits per heavy atom. The highest BCUT2D eigenvalue weighted by Crippen LogP contribution is 2.29. The maximum absolute atomic E-state index is 5.65. The summed E-state index contributed by atoms with van der Waals surface area (Å²) < 4.78 is 5.65. The van der Waals surface area contributed by atoms with Gasteiger partial charge in [-0.25, -0.2) is 0 Å². The lowest BCUT2D eigenvalue weighted by Crippen LogP contribution is -2.36. The largest absolute Gasteiger partial charge is 0.375 e. The molecule has 0 aliphatic carbocycles. The number of nitrogens with zero attached hydrogens (tertiary/aromatic N) is 3. The van der Waals surface area contributed by atoms with Crippen molar-refractivity contribution in [2.45, 2.75) is 38.1 Å². The molecule has 2 atom stereocenters. The number of hydrogen-bond donors (Lipinski definition) is 0. The molecule has 3 aliphatic rings. The normalized spacial score (nSPS) is 30.8. The molecule has 1 aromatic heterocycles. The van der Waals surface area contributed by atoms with E-state index in [2.05, 4.69) is 29.0 Å². The van der Waals surface area contributed by atoms with E-state index in [4.69, 9.17) is 9.72 Å². The Morgan fingerprint density at radius 2 is 2.37 bits per heavy atom. The van der Waals surface area contributed by atoms with E-state index in [0.29, 0.717) is 12.1 Å². The van der Waals surface area contributed by atoms with Crippen molar-refractivity contribution >= 4 is 0 Å². The van der Waals surface area contributed by atoms with Gasteiger partial charge in [-0.1, -0.05) is 6.07 Å². The molecule has 0 N–H and O–H groups in total. The summed E-state index contributed by atoms with van der Waals surface area (Å²) in [6.07, 6.45) is 2.79. The zero-order valence-corrected chi connectivity index (χ0v) is 11.5. The predicted octanol–water partition coefficient (Wildman–Crippen LogP) is 1.04. The second-order valence-electron chi connectivity index (χ2n) is 6.17. The Labute approximate surface area is 114 Å². The number of pyridine rings is 1. The molecular formula is C15H21N3O. The maximum Gasteiger partial charge on any atom is 0.0718 e. The van der Waals surface area contributed by atoms with Crippen molar-refractivity contribution in [3.8, 4) is 0 Å². The molecule has 0 radical (unpaired) electrons. The van der Waals surface area contributed by atoms with Crippen molar-refractivity contribution in [2.75, 3.05) is 26.7 Å². The number of likely N-dealkylation sites (N-methyl/N-ethyl adjacent to an activating group) is 1. The van der Waals surface area contributed by atoms with Crippen LogP contribution >= 0.6 is 0 Å². The van der Waals surface area contributed by atoms with Crippen molar-refractivity contribution in [2.24, 2.45) is 0 Å². The summed E-state index contributed by atoms with van der Waals surface area (Å²) in [4.78, 5) is 9.79. The molecule has 2 fully saturated rings. The summed E-state index contributed by atoms with van der Waals surface area (Å²) in [6.45, 7) is 5.18. The molecule has 2 bridgehead atoms. The van der Waals surface area contributed by atoms with Crippen molar-refractivity contribution in [1.82, 2.24) is 14.8 Å². The first kappa shape index (κ1) is 11.8. The van der Waals surface area contributed by atoms with Crippen LogP contribution in [-0.2, 0) is 24.2 Å². The van der Waals surface area contributed by atoms with Gasteiger partial charge in [-0.15, -0.1) is 0 Å². The third-order valence-electron chi connectivity index (χ3n) is 4.68. The monoisotopic (exact) mass is 259 g/mol. The zero-order valence-electron chi connectivity index (χ0n) is 11.5. The van der Waals surface area contributed by atoms with Crippen molar-refractivity contribution < 1.29 is 4.74 Å². The number of hydrogen-bond acceptors (Lipinski definition) is 4. The minimum Gasteiger partial charge on any atom is -0.375 e. The van der Waals surface area contributed by atoms with Crippen LogP contribution < -0.4 is 0 Å². The van der Waals surface area contributed by atoms with E-state index < -0.39 is 0 Å². The van der Waals surface area contributed by atoms with Gasteiger partial charge in [-0.2, -0.15) is 0 Å². The number of likely N-dealkylation sites (tertiary alicyclic amines) is 1. The third kappa shape index (κ3) is 2.18. The van der Waals surface area contributed by atoms with Crippen LogP contribution in [-0.4, -0.2) is 53.7 Å². The van der Waals surface area contributed by atoms with Crippen LogP contribution in [0.2, 0.25) is 0 Å². The van der Waals surface area contributed by atoms with Crippen molar-refractivity contribution in [3.05, 3.63) is 29.1 Å². The third-order valence-corrected chi connectivity index (χ3v) is 4.68. The number of fused-ring (bicyclic) bond motifs is 3.